The summed E-state index contributed by atoms with van der Waals surface area (Å²) in [5.74, 6) is 0.630. The molecular formula is C18H18O3S. The molecule has 0 N–H and O–H groups in total. The molecule has 0 aliphatic carbocycles. The first kappa shape index (κ1) is 16.2. The van der Waals surface area contributed by atoms with Crippen molar-refractivity contribution < 1.29 is 14.3 Å². The first-order valence-electron chi connectivity index (χ1n) is 6.77. The highest BCUT2D eigenvalue weighted by molar-refractivity contribution is 7.98. The summed E-state index contributed by atoms with van der Waals surface area (Å²) < 4.78 is 10.6. The lowest BCUT2D eigenvalue weighted by atomic mass is 10.1. The number of allylic oxidation sites excluding steroid dienone is 1. The zero-order valence-electron chi connectivity index (χ0n) is 12.8. The second kappa shape index (κ2) is 7.71. The Balaban J connectivity index is 2.39. The molecular weight excluding hydrogens is 296 g/mol. The highest BCUT2D eigenvalue weighted by Gasteiger charge is 2.18. The van der Waals surface area contributed by atoms with Crippen molar-refractivity contribution in [3.63, 3.8) is 0 Å². The zero-order valence-corrected chi connectivity index (χ0v) is 13.6. The van der Waals surface area contributed by atoms with Gasteiger partial charge in [-0.15, -0.1) is 11.8 Å². The summed E-state index contributed by atoms with van der Waals surface area (Å²) in [6, 6.07) is 15.1. The van der Waals surface area contributed by atoms with E-state index in [0.29, 0.717) is 11.3 Å². The van der Waals surface area contributed by atoms with Gasteiger partial charge in [0.15, 0.2) is 5.76 Å². The van der Waals surface area contributed by atoms with Crippen molar-refractivity contribution in [1.29, 1.82) is 0 Å². The van der Waals surface area contributed by atoms with Crippen LogP contribution in [0.5, 0.6) is 5.75 Å². The number of Topliss-reactive ketones (excluding diaryl/α,β-unsaturated/α-hetero) is 1. The van der Waals surface area contributed by atoms with Gasteiger partial charge in [0, 0.05) is 4.90 Å². The van der Waals surface area contributed by atoms with Gasteiger partial charge in [-0.05, 0) is 36.1 Å². The Morgan fingerprint density at radius 3 is 2.41 bits per heavy atom. The van der Waals surface area contributed by atoms with Crippen LogP contribution in [0.15, 0.2) is 59.2 Å². The molecule has 0 unspecified atom stereocenters. The predicted octanol–water partition coefficient (Wildman–Crippen LogP) is 4.29. The number of rotatable bonds is 6. The number of hydrogen-bond donors (Lipinski definition) is 0. The molecule has 0 saturated heterocycles. The number of hydrogen-bond acceptors (Lipinski definition) is 4. The smallest absolute Gasteiger partial charge is 0.231 e. The summed E-state index contributed by atoms with van der Waals surface area (Å²) in [5.41, 5.74) is 1.40. The van der Waals surface area contributed by atoms with E-state index in [1.54, 1.807) is 31.0 Å². The predicted molar refractivity (Wildman–Crippen MR) is 90.5 cm³/mol. The van der Waals surface area contributed by atoms with Gasteiger partial charge in [0.25, 0.3) is 0 Å². The molecule has 2 rings (SSSR count). The standard InChI is InChI=1S/C18H18O3S/c1-20-16-12-14(22-3)9-10-15(16)18(19)17(21-2)11-13-7-5-4-6-8-13/h4-12H,1-3H3. The molecule has 22 heavy (non-hydrogen) atoms. The normalized spacial score (nSPS) is 11.1. The summed E-state index contributed by atoms with van der Waals surface area (Å²) in [7, 11) is 3.05. The van der Waals surface area contributed by atoms with Crippen molar-refractivity contribution >= 4 is 23.6 Å². The topological polar surface area (TPSA) is 35.5 Å². The summed E-state index contributed by atoms with van der Waals surface area (Å²) in [4.78, 5) is 13.7. The molecule has 0 spiro atoms. The Morgan fingerprint density at radius 1 is 1.09 bits per heavy atom. The van der Waals surface area contributed by atoms with Crippen molar-refractivity contribution in [2.45, 2.75) is 4.90 Å². The molecule has 2 aromatic carbocycles. The van der Waals surface area contributed by atoms with E-state index in [0.717, 1.165) is 10.5 Å². The minimum Gasteiger partial charge on any atom is -0.496 e. The van der Waals surface area contributed by atoms with Crippen LogP contribution in [0.3, 0.4) is 0 Å². The molecule has 0 saturated carbocycles. The van der Waals surface area contributed by atoms with Gasteiger partial charge in [0.05, 0.1) is 19.8 Å². The van der Waals surface area contributed by atoms with E-state index in [1.165, 1.54) is 7.11 Å². The van der Waals surface area contributed by atoms with Crippen LogP contribution >= 0.6 is 11.8 Å². The molecule has 114 valence electrons. The van der Waals surface area contributed by atoms with Gasteiger partial charge in [-0.2, -0.15) is 0 Å². The number of carbonyl (C=O) groups is 1. The minimum absolute atomic E-state index is 0.198. The van der Waals surface area contributed by atoms with Crippen molar-refractivity contribution in [3.05, 3.63) is 65.4 Å². The van der Waals surface area contributed by atoms with Gasteiger partial charge in [-0.3, -0.25) is 4.79 Å². The van der Waals surface area contributed by atoms with E-state index < -0.39 is 0 Å². The summed E-state index contributed by atoms with van der Waals surface area (Å²) in [6.45, 7) is 0. The Morgan fingerprint density at radius 2 is 1.82 bits per heavy atom. The Kier molecular flexibility index (Phi) is 5.67. The maximum atomic E-state index is 12.7. The van der Waals surface area contributed by atoms with E-state index >= 15 is 0 Å². The fraction of sp³-hybridized carbons (Fsp3) is 0.167. The molecule has 0 atom stereocenters. The quantitative estimate of drug-likeness (QED) is 0.345. The Labute approximate surface area is 135 Å². The second-order valence-electron chi connectivity index (χ2n) is 4.52. The molecule has 0 radical (unpaired) electrons. The third kappa shape index (κ3) is 3.71. The molecule has 0 aromatic heterocycles. The van der Waals surface area contributed by atoms with Crippen molar-refractivity contribution in [2.24, 2.45) is 0 Å². The fourth-order valence-corrected chi connectivity index (χ4v) is 2.47. The van der Waals surface area contributed by atoms with E-state index in [2.05, 4.69) is 0 Å². The van der Waals surface area contributed by atoms with Crippen LogP contribution in [-0.2, 0) is 4.74 Å². The van der Waals surface area contributed by atoms with Gasteiger partial charge in [-0.25, -0.2) is 0 Å². The third-order valence-corrected chi connectivity index (χ3v) is 3.92. The third-order valence-electron chi connectivity index (χ3n) is 3.19. The van der Waals surface area contributed by atoms with Crippen LogP contribution in [0.2, 0.25) is 0 Å². The number of benzene rings is 2. The lowest BCUT2D eigenvalue weighted by Gasteiger charge is -2.11. The van der Waals surface area contributed by atoms with Gasteiger partial charge in [0.1, 0.15) is 5.75 Å². The number of ether oxygens (including phenoxy) is 2. The molecule has 0 aliphatic rings. The highest BCUT2D eigenvalue weighted by atomic mass is 32.2. The van der Waals surface area contributed by atoms with Crippen LogP contribution < -0.4 is 4.74 Å². The zero-order chi connectivity index (χ0) is 15.9. The maximum Gasteiger partial charge on any atom is 0.231 e. The molecule has 3 nitrogen and oxygen atoms in total. The van der Waals surface area contributed by atoms with Gasteiger partial charge < -0.3 is 9.47 Å². The molecule has 4 heteroatoms. The van der Waals surface area contributed by atoms with E-state index in [1.807, 2.05) is 48.7 Å². The number of carbonyl (C=O) groups excluding carboxylic acids is 1. The molecule has 0 aliphatic heterocycles. The van der Waals surface area contributed by atoms with Crippen molar-refractivity contribution in [3.8, 4) is 5.75 Å². The van der Waals surface area contributed by atoms with E-state index in [4.69, 9.17) is 9.47 Å². The summed E-state index contributed by atoms with van der Waals surface area (Å²) in [5, 5.41) is 0. The minimum atomic E-state index is -0.198. The fourth-order valence-electron chi connectivity index (χ4n) is 2.04. The molecule has 0 fully saturated rings. The Bertz CT molecular complexity index is 678. The van der Waals surface area contributed by atoms with Crippen LogP contribution in [-0.4, -0.2) is 26.3 Å². The summed E-state index contributed by atoms with van der Waals surface area (Å²) >= 11 is 1.60. The number of ketones is 1. The largest absolute Gasteiger partial charge is 0.496 e. The second-order valence-corrected chi connectivity index (χ2v) is 5.40. The van der Waals surface area contributed by atoms with E-state index in [-0.39, 0.29) is 11.5 Å². The number of methoxy groups -OCH3 is 2. The summed E-state index contributed by atoms with van der Waals surface area (Å²) in [6.07, 6.45) is 3.70. The molecule has 2 aromatic rings. The van der Waals surface area contributed by atoms with Crippen molar-refractivity contribution in [1.82, 2.24) is 0 Å². The van der Waals surface area contributed by atoms with Gasteiger partial charge in [0.2, 0.25) is 5.78 Å². The Hall–Kier alpha value is -2.20. The van der Waals surface area contributed by atoms with Crippen LogP contribution in [0.1, 0.15) is 15.9 Å². The monoisotopic (exact) mass is 314 g/mol. The molecule has 0 amide bonds. The average Bonchev–Trinajstić information content (AvgIpc) is 2.59. The lowest BCUT2D eigenvalue weighted by molar-refractivity contribution is 0.0954. The van der Waals surface area contributed by atoms with Crippen molar-refractivity contribution in [2.75, 3.05) is 20.5 Å². The lowest BCUT2D eigenvalue weighted by Crippen LogP contribution is -2.07. The SMILES string of the molecule is COC(=Cc1ccccc1)C(=O)c1ccc(SC)cc1OC. The maximum absolute atomic E-state index is 12.7. The highest BCUT2D eigenvalue weighted by Crippen LogP contribution is 2.27. The first-order chi connectivity index (χ1) is 10.7. The van der Waals surface area contributed by atoms with Gasteiger partial charge >= 0.3 is 0 Å². The van der Waals surface area contributed by atoms with Crippen LogP contribution in [0, 0.1) is 0 Å². The molecule has 0 bridgehead atoms. The van der Waals surface area contributed by atoms with Gasteiger partial charge in [-0.1, -0.05) is 30.3 Å². The average molecular weight is 314 g/mol. The van der Waals surface area contributed by atoms with Crippen LogP contribution in [0.4, 0.5) is 0 Å². The first-order valence-corrected chi connectivity index (χ1v) is 7.99. The van der Waals surface area contributed by atoms with Crippen LogP contribution in [0.25, 0.3) is 6.08 Å². The van der Waals surface area contributed by atoms with E-state index in [9.17, 15) is 4.79 Å². The molecule has 0 heterocycles. The number of thioether (sulfide) groups is 1.